The molecule has 1 heterocycles. The summed E-state index contributed by atoms with van der Waals surface area (Å²) < 4.78 is 1.72. The van der Waals surface area contributed by atoms with Crippen LogP contribution in [-0.4, -0.2) is 14.5 Å². The molecule has 128 valence electrons. The Morgan fingerprint density at radius 1 is 1.42 bits per heavy atom. The maximum absolute atomic E-state index is 11.1. The van der Waals surface area contributed by atoms with Crippen LogP contribution >= 0.6 is 0 Å². The maximum Gasteiger partial charge on any atom is 0.386 e. The van der Waals surface area contributed by atoms with Crippen molar-refractivity contribution in [1.82, 2.24) is 14.9 Å². The SMILES string of the molecule is Cn1cnc([N+](=O)[O-])c1CNC1CC(C)(C)CCc2ccccc21. The number of nitrogens with one attached hydrogen (secondary N) is 1. The third-order valence-electron chi connectivity index (χ3n) is 4.98. The van der Waals surface area contributed by atoms with Crippen molar-refractivity contribution in [3.63, 3.8) is 0 Å². The summed E-state index contributed by atoms with van der Waals surface area (Å²) in [5, 5.41) is 14.7. The molecule has 1 atom stereocenters. The zero-order valence-corrected chi connectivity index (χ0v) is 14.5. The Balaban J connectivity index is 1.86. The predicted molar refractivity (Wildman–Crippen MR) is 92.6 cm³/mol. The van der Waals surface area contributed by atoms with Crippen molar-refractivity contribution in [2.24, 2.45) is 12.5 Å². The molecule has 1 unspecified atom stereocenters. The molecular formula is C18H24N4O2. The number of hydrogen-bond donors (Lipinski definition) is 1. The first-order chi connectivity index (χ1) is 11.4. The van der Waals surface area contributed by atoms with Crippen molar-refractivity contribution in [3.05, 3.63) is 57.5 Å². The van der Waals surface area contributed by atoms with E-state index in [-0.39, 0.29) is 17.3 Å². The largest absolute Gasteiger partial charge is 0.386 e. The fraction of sp³-hybridized carbons (Fsp3) is 0.500. The number of hydrogen-bond acceptors (Lipinski definition) is 4. The molecule has 0 saturated carbocycles. The van der Waals surface area contributed by atoms with Crippen LogP contribution in [0.25, 0.3) is 0 Å². The molecule has 0 saturated heterocycles. The normalized spacial score (nSPS) is 19.5. The Hall–Kier alpha value is -2.21. The molecule has 1 aliphatic rings. The van der Waals surface area contributed by atoms with E-state index in [4.69, 9.17) is 0 Å². The average molecular weight is 328 g/mol. The molecule has 24 heavy (non-hydrogen) atoms. The maximum atomic E-state index is 11.1. The van der Waals surface area contributed by atoms with Gasteiger partial charge in [0.2, 0.25) is 6.33 Å². The lowest BCUT2D eigenvalue weighted by atomic mass is 9.83. The number of fused-ring (bicyclic) bond motifs is 1. The highest BCUT2D eigenvalue weighted by Crippen LogP contribution is 2.39. The first kappa shape index (κ1) is 16.6. The zero-order valence-electron chi connectivity index (χ0n) is 14.5. The Morgan fingerprint density at radius 2 is 2.17 bits per heavy atom. The van der Waals surface area contributed by atoms with Crippen molar-refractivity contribution in [3.8, 4) is 0 Å². The van der Waals surface area contributed by atoms with Crippen LogP contribution in [0.5, 0.6) is 0 Å². The van der Waals surface area contributed by atoms with Gasteiger partial charge in [-0.15, -0.1) is 0 Å². The zero-order chi connectivity index (χ0) is 17.3. The monoisotopic (exact) mass is 328 g/mol. The van der Waals surface area contributed by atoms with Crippen molar-refractivity contribution in [1.29, 1.82) is 0 Å². The average Bonchev–Trinajstić information content (AvgIpc) is 2.84. The molecule has 0 amide bonds. The van der Waals surface area contributed by atoms with Crippen LogP contribution in [0.1, 0.15) is 49.6 Å². The lowest BCUT2D eigenvalue weighted by molar-refractivity contribution is -0.390. The van der Waals surface area contributed by atoms with E-state index in [9.17, 15) is 10.1 Å². The van der Waals surface area contributed by atoms with Gasteiger partial charge in [-0.1, -0.05) is 38.1 Å². The Bertz CT molecular complexity index is 751. The van der Waals surface area contributed by atoms with Gasteiger partial charge in [-0.05, 0) is 45.7 Å². The molecule has 6 heteroatoms. The fourth-order valence-corrected chi connectivity index (χ4v) is 3.54. The van der Waals surface area contributed by atoms with Gasteiger partial charge in [-0.25, -0.2) is 0 Å². The number of rotatable bonds is 4. The second kappa shape index (κ2) is 6.36. The summed E-state index contributed by atoms with van der Waals surface area (Å²) in [6.45, 7) is 5.02. The third kappa shape index (κ3) is 3.33. The third-order valence-corrected chi connectivity index (χ3v) is 4.98. The summed E-state index contributed by atoms with van der Waals surface area (Å²) >= 11 is 0. The summed E-state index contributed by atoms with van der Waals surface area (Å²) in [4.78, 5) is 14.6. The highest BCUT2D eigenvalue weighted by Gasteiger charge is 2.30. The number of aryl methyl sites for hydroxylation is 2. The lowest BCUT2D eigenvalue weighted by Crippen LogP contribution is -2.26. The number of nitro groups is 1. The molecular weight excluding hydrogens is 304 g/mol. The van der Waals surface area contributed by atoms with Crippen molar-refractivity contribution < 1.29 is 4.92 Å². The predicted octanol–water partition coefficient (Wildman–Crippen LogP) is 3.52. The van der Waals surface area contributed by atoms with Crippen LogP contribution in [0.3, 0.4) is 0 Å². The summed E-state index contributed by atoms with van der Waals surface area (Å²) in [7, 11) is 1.79. The molecule has 0 aliphatic heterocycles. The van der Waals surface area contributed by atoms with E-state index in [1.165, 1.54) is 17.5 Å². The topological polar surface area (TPSA) is 73.0 Å². The van der Waals surface area contributed by atoms with Gasteiger partial charge >= 0.3 is 5.82 Å². The Labute approximate surface area is 142 Å². The molecule has 0 fully saturated rings. The second-order valence-electron chi connectivity index (χ2n) is 7.38. The standard InChI is InChI=1S/C18H24N4O2/c1-18(2)9-8-13-6-4-5-7-14(13)15(10-18)19-11-16-17(22(23)24)20-12-21(16)3/h4-7,12,15,19H,8-11H2,1-3H3. The molecule has 2 aromatic rings. The number of benzene rings is 1. The summed E-state index contributed by atoms with van der Waals surface area (Å²) in [5.41, 5.74) is 3.53. The lowest BCUT2D eigenvalue weighted by Gasteiger charge is -2.27. The highest BCUT2D eigenvalue weighted by molar-refractivity contribution is 5.32. The number of aromatic nitrogens is 2. The van der Waals surface area contributed by atoms with Crippen LogP contribution in [0, 0.1) is 15.5 Å². The van der Waals surface area contributed by atoms with E-state index in [0.29, 0.717) is 12.2 Å². The van der Waals surface area contributed by atoms with Gasteiger partial charge < -0.3 is 20.0 Å². The van der Waals surface area contributed by atoms with Gasteiger partial charge in [0, 0.05) is 19.6 Å². The van der Waals surface area contributed by atoms with Gasteiger partial charge in [0.25, 0.3) is 0 Å². The van der Waals surface area contributed by atoms with Gasteiger partial charge in [0.1, 0.15) is 5.69 Å². The van der Waals surface area contributed by atoms with E-state index < -0.39 is 4.92 Å². The van der Waals surface area contributed by atoms with E-state index in [0.717, 1.165) is 19.3 Å². The molecule has 0 radical (unpaired) electrons. The fourth-order valence-electron chi connectivity index (χ4n) is 3.54. The quantitative estimate of drug-likeness (QED) is 0.529. The summed E-state index contributed by atoms with van der Waals surface area (Å²) in [6, 6.07) is 8.70. The first-order valence-electron chi connectivity index (χ1n) is 8.33. The van der Waals surface area contributed by atoms with Crippen molar-refractivity contribution in [2.75, 3.05) is 0 Å². The van der Waals surface area contributed by atoms with Crippen LogP contribution in [0.15, 0.2) is 30.6 Å². The molecule has 6 nitrogen and oxygen atoms in total. The smallest absolute Gasteiger partial charge is 0.358 e. The first-order valence-corrected chi connectivity index (χ1v) is 8.33. The molecule has 1 N–H and O–H groups in total. The minimum Gasteiger partial charge on any atom is -0.358 e. The van der Waals surface area contributed by atoms with Gasteiger partial charge in [0.05, 0.1) is 0 Å². The molecule has 0 spiro atoms. The van der Waals surface area contributed by atoms with Crippen molar-refractivity contribution in [2.45, 2.75) is 45.7 Å². The molecule has 1 aromatic heterocycles. The summed E-state index contributed by atoms with van der Waals surface area (Å²) in [6.07, 6.45) is 4.73. The van der Waals surface area contributed by atoms with E-state index in [1.54, 1.807) is 11.6 Å². The van der Waals surface area contributed by atoms with Crippen LogP contribution in [0.2, 0.25) is 0 Å². The molecule has 1 aromatic carbocycles. The van der Waals surface area contributed by atoms with Crippen LogP contribution in [0.4, 0.5) is 5.82 Å². The van der Waals surface area contributed by atoms with E-state index in [1.807, 2.05) is 0 Å². The minimum absolute atomic E-state index is 0.0637. The Morgan fingerprint density at radius 3 is 2.92 bits per heavy atom. The molecule has 0 bridgehead atoms. The van der Waals surface area contributed by atoms with Crippen LogP contribution in [-0.2, 0) is 20.0 Å². The number of imidazole rings is 1. The minimum atomic E-state index is -0.415. The number of nitrogens with zero attached hydrogens (tertiary/aromatic N) is 3. The van der Waals surface area contributed by atoms with Gasteiger partial charge in [-0.2, -0.15) is 0 Å². The molecule has 1 aliphatic carbocycles. The van der Waals surface area contributed by atoms with Crippen LogP contribution < -0.4 is 5.32 Å². The van der Waals surface area contributed by atoms with Gasteiger partial charge in [-0.3, -0.25) is 0 Å². The van der Waals surface area contributed by atoms with E-state index in [2.05, 4.69) is 48.4 Å². The molecule has 3 rings (SSSR count). The van der Waals surface area contributed by atoms with E-state index >= 15 is 0 Å². The second-order valence-corrected chi connectivity index (χ2v) is 7.38. The highest BCUT2D eigenvalue weighted by atomic mass is 16.6. The Kier molecular flexibility index (Phi) is 4.41. The van der Waals surface area contributed by atoms with Gasteiger partial charge in [0.15, 0.2) is 0 Å². The summed E-state index contributed by atoms with van der Waals surface area (Å²) in [5.74, 6) is -0.0637. The van der Waals surface area contributed by atoms with Crippen molar-refractivity contribution >= 4 is 5.82 Å².